The number of hydrogen-bond acceptors (Lipinski definition) is 2. The van der Waals surface area contributed by atoms with Gasteiger partial charge < -0.3 is 5.32 Å². The first-order chi connectivity index (χ1) is 8.93. The molecule has 0 spiro atoms. The highest BCUT2D eigenvalue weighted by atomic mass is 15.3. The van der Waals surface area contributed by atoms with E-state index in [-0.39, 0.29) is 5.41 Å². The molecular formula is C16H25N3. The van der Waals surface area contributed by atoms with Gasteiger partial charge in [-0.05, 0) is 25.3 Å². The van der Waals surface area contributed by atoms with E-state index in [2.05, 4.69) is 68.9 Å². The third kappa shape index (κ3) is 2.98. The van der Waals surface area contributed by atoms with Crippen molar-refractivity contribution in [1.82, 2.24) is 15.1 Å². The molecular weight excluding hydrogens is 234 g/mol. The highest BCUT2D eigenvalue weighted by molar-refractivity contribution is 5.81. The minimum atomic E-state index is 0.267. The molecule has 0 bridgehead atoms. The van der Waals surface area contributed by atoms with Gasteiger partial charge in [0, 0.05) is 24.5 Å². The van der Waals surface area contributed by atoms with Crippen LogP contribution >= 0.6 is 0 Å². The molecule has 2 aromatic rings. The van der Waals surface area contributed by atoms with E-state index in [4.69, 9.17) is 5.10 Å². The second-order valence-corrected chi connectivity index (χ2v) is 6.25. The number of aromatic nitrogens is 2. The summed E-state index contributed by atoms with van der Waals surface area (Å²) in [4.78, 5) is 0. The fraction of sp³-hybridized carbons (Fsp3) is 0.562. The fourth-order valence-corrected chi connectivity index (χ4v) is 2.12. The van der Waals surface area contributed by atoms with Gasteiger partial charge in [0.2, 0.25) is 0 Å². The number of fused-ring (bicyclic) bond motifs is 1. The number of para-hydroxylation sites is 1. The molecule has 1 aromatic carbocycles. The average molecular weight is 259 g/mol. The molecule has 3 heteroatoms. The Morgan fingerprint density at radius 1 is 1.26 bits per heavy atom. The van der Waals surface area contributed by atoms with Crippen LogP contribution in [0, 0.1) is 5.41 Å². The molecule has 19 heavy (non-hydrogen) atoms. The van der Waals surface area contributed by atoms with Gasteiger partial charge >= 0.3 is 0 Å². The Morgan fingerprint density at radius 2 is 1.95 bits per heavy atom. The van der Waals surface area contributed by atoms with Crippen LogP contribution in [-0.4, -0.2) is 15.8 Å². The molecule has 0 aliphatic rings. The molecule has 0 saturated carbocycles. The standard InChI is InChI=1S/C16H25N3/c1-6-19-15-10-8-7-9-13(15)14(18-19)11-17-12(2)16(3,4)5/h7-10,12,17H,6,11H2,1-5H3. The lowest BCUT2D eigenvalue weighted by Gasteiger charge is -2.28. The van der Waals surface area contributed by atoms with Crippen LogP contribution in [0.2, 0.25) is 0 Å². The quantitative estimate of drug-likeness (QED) is 0.909. The summed E-state index contributed by atoms with van der Waals surface area (Å²) < 4.78 is 2.08. The lowest BCUT2D eigenvalue weighted by Crippen LogP contribution is -2.37. The Balaban J connectivity index is 2.22. The van der Waals surface area contributed by atoms with Crippen molar-refractivity contribution in [3.8, 4) is 0 Å². The predicted octanol–water partition coefficient (Wildman–Crippen LogP) is 3.58. The van der Waals surface area contributed by atoms with Gasteiger partial charge in [-0.1, -0.05) is 39.0 Å². The van der Waals surface area contributed by atoms with Crippen LogP contribution in [0.15, 0.2) is 24.3 Å². The molecule has 104 valence electrons. The lowest BCUT2D eigenvalue weighted by atomic mass is 9.88. The van der Waals surface area contributed by atoms with Crippen LogP contribution in [0.5, 0.6) is 0 Å². The summed E-state index contributed by atoms with van der Waals surface area (Å²) in [6.45, 7) is 12.9. The summed E-state index contributed by atoms with van der Waals surface area (Å²) in [7, 11) is 0. The zero-order valence-electron chi connectivity index (χ0n) is 12.7. The van der Waals surface area contributed by atoms with Crippen molar-refractivity contribution in [2.24, 2.45) is 5.41 Å². The van der Waals surface area contributed by atoms with E-state index >= 15 is 0 Å². The smallest absolute Gasteiger partial charge is 0.0841 e. The summed E-state index contributed by atoms with van der Waals surface area (Å²) in [5.41, 5.74) is 2.64. The van der Waals surface area contributed by atoms with Gasteiger partial charge in [-0.15, -0.1) is 0 Å². The Hall–Kier alpha value is -1.35. The molecule has 1 N–H and O–H groups in total. The first-order valence-corrected chi connectivity index (χ1v) is 7.11. The molecule has 0 aliphatic carbocycles. The van der Waals surface area contributed by atoms with E-state index in [9.17, 15) is 0 Å². The zero-order valence-corrected chi connectivity index (χ0v) is 12.7. The van der Waals surface area contributed by atoms with Gasteiger partial charge in [-0.25, -0.2) is 0 Å². The van der Waals surface area contributed by atoms with Crippen LogP contribution in [0.25, 0.3) is 10.9 Å². The van der Waals surface area contributed by atoms with Gasteiger partial charge in [0.15, 0.2) is 0 Å². The Labute approximate surface area is 116 Å². The number of benzene rings is 1. The first kappa shape index (κ1) is 14.1. The number of hydrogen-bond donors (Lipinski definition) is 1. The normalized spacial score (nSPS) is 13.9. The largest absolute Gasteiger partial charge is 0.308 e. The van der Waals surface area contributed by atoms with Crippen molar-refractivity contribution in [3.63, 3.8) is 0 Å². The molecule has 3 nitrogen and oxygen atoms in total. The van der Waals surface area contributed by atoms with Gasteiger partial charge in [-0.2, -0.15) is 5.10 Å². The van der Waals surface area contributed by atoms with Gasteiger partial charge in [0.25, 0.3) is 0 Å². The highest BCUT2D eigenvalue weighted by Gasteiger charge is 2.20. The maximum absolute atomic E-state index is 4.72. The van der Waals surface area contributed by atoms with Gasteiger partial charge in [0.1, 0.15) is 0 Å². The second kappa shape index (κ2) is 5.33. The van der Waals surface area contributed by atoms with Crippen molar-refractivity contribution >= 4 is 10.9 Å². The van der Waals surface area contributed by atoms with E-state index in [1.165, 1.54) is 10.9 Å². The monoisotopic (exact) mass is 259 g/mol. The molecule has 1 heterocycles. The minimum absolute atomic E-state index is 0.267. The van der Waals surface area contributed by atoms with Gasteiger partial charge in [0.05, 0.1) is 11.2 Å². The summed E-state index contributed by atoms with van der Waals surface area (Å²) in [6, 6.07) is 8.92. The summed E-state index contributed by atoms with van der Waals surface area (Å²) in [6.07, 6.45) is 0. The third-order valence-electron chi connectivity index (χ3n) is 3.91. The highest BCUT2D eigenvalue weighted by Crippen LogP contribution is 2.21. The van der Waals surface area contributed by atoms with Gasteiger partial charge in [-0.3, -0.25) is 4.68 Å². The van der Waals surface area contributed by atoms with Crippen LogP contribution in [0.4, 0.5) is 0 Å². The lowest BCUT2D eigenvalue weighted by molar-refractivity contribution is 0.284. The maximum atomic E-state index is 4.72. The molecule has 0 radical (unpaired) electrons. The van der Waals surface area contributed by atoms with E-state index in [1.807, 2.05) is 0 Å². The third-order valence-corrected chi connectivity index (χ3v) is 3.91. The predicted molar refractivity (Wildman–Crippen MR) is 81.2 cm³/mol. The average Bonchev–Trinajstić information content (AvgIpc) is 2.73. The van der Waals surface area contributed by atoms with E-state index < -0.39 is 0 Å². The number of nitrogens with zero attached hydrogens (tertiary/aromatic N) is 2. The van der Waals surface area contributed by atoms with E-state index in [0.29, 0.717) is 6.04 Å². The number of rotatable bonds is 4. The van der Waals surface area contributed by atoms with Crippen molar-refractivity contribution in [2.75, 3.05) is 0 Å². The summed E-state index contributed by atoms with van der Waals surface area (Å²) >= 11 is 0. The summed E-state index contributed by atoms with van der Waals surface area (Å²) in [5, 5.41) is 9.57. The molecule has 0 saturated heterocycles. The topological polar surface area (TPSA) is 29.9 Å². The molecule has 1 unspecified atom stereocenters. The van der Waals surface area contributed by atoms with Crippen LogP contribution in [0.1, 0.15) is 40.3 Å². The summed E-state index contributed by atoms with van der Waals surface area (Å²) in [5.74, 6) is 0. The maximum Gasteiger partial charge on any atom is 0.0841 e. The molecule has 1 atom stereocenters. The molecule has 0 aliphatic heterocycles. The number of nitrogens with one attached hydrogen (secondary N) is 1. The molecule has 2 rings (SSSR count). The number of aryl methyl sites for hydroxylation is 1. The van der Waals surface area contributed by atoms with Crippen molar-refractivity contribution < 1.29 is 0 Å². The Morgan fingerprint density at radius 3 is 2.58 bits per heavy atom. The van der Waals surface area contributed by atoms with Crippen molar-refractivity contribution in [2.45, 2.75) is 53.8 Å². The molecule has 0 fully saturated rings. The van der Waals surface area contributed by atoms with Crippen LogP contribution in [0.3, 0.4) is 0 Å². The Bertz CT molecular complexity index is 549. The fourth-order valence-electron chi connectivity index (χ4n) is 2.12. The molecule has 1 aromatic heterocycles. The van der Waals surface area contributed by atoms with Crippen LogP contribution < -0.4 is 5.32 Å². The van der Waals surface area contributed by atoms with E-state index in [1.54, 1.807) is 0 Å². The second-order valence-electron chi connectivity index (χ2n) is 6.25. The Kier molecular flexibility index (Phi) is 3.95. The first-order valence-electron chi connectivity index (χ1n) is 7.11. The minimum Gasteiger partial charge on any atom is -0.308 e. The zero-order chi connectivity index (χ0) is 14.0. The van der Waals surface area contributed by atoms with E-state index in [0.717, 1.165) is 18.8 Å². The molecule has 0 amide bonds. The van der Waals surface area contributed by atoms with Crippen molar-refractivity contribution in [1.29, 1.82) is 0 Å². The van der Waals surface area contributed by atoms with Crippen LogP contribution in [-0.2, 0) is 13.1 Å². The van der Waals surface area contributed by atoms with Crippen molar-refractivity contribution in [3.05, 3.63) is 30.0 Å². The SMILES string of the molecule is CCn1nc(CNC(C)C(C)(C)C)c2ccccc21.